The van der Waals surface area contributed by atoms with Gasteiger partial charge in [-0.1, -0.05) is 0 Å². The molecule has 3 heterocycles. The van der Waals surface area contributed by atoms with Crippen molar-refractivity contribution in [1.82, 2.24) is 19.4 Å². The number of piperazine rings is 1. The van der Waals surface area contributed by atoms with E-state index in [1.54, 1.807) is 31.6 Å². The fraction of sp³-hybridized carbons (Fsp3) is 0.318. The topological polar surface area (TPSA) is 63.5 Å². The highest BCUT2D eigenvalue weighted by Crippen LogP contribution is 2.23. The van der Waals surface area contributed by atoms with Gasteiger partial charge in [0.25, 0.3) is 5.91 Å². The number of ether oxygens (including phenoxy) is 1. The van der Waals surface area contributed by atoms with E-state index in [1.807, 2.05) is 29.4 Å². The van der Waals surface area contributed by atoms with E-state index in [4.69, 9.17) is 4.74 Å². The predicted octanol–water partition coefficient (Wildman–Crippen LogP) is 2.99. The lowest BCUT2D eigenvalue weighted by atomic mass is 10.2. The molecule has 1 aliphatic heterocycles. The van der Waals surface area contributed by atoms with Crippen molar-refractivity contribution in [1.29, 1.82) is 0 Å². The molecule has 0 atom stereocenters. The molecule has 0 N–H and O–H groups in total. The number of amides is 1. The Labute approximate surface area is 174 Å². The van der Waals surface area contributed by atoms with Crippen LogP contribution in [0, 0.1) is 19.7 Å². The van der Waals surface area contributed by atoms with E-state index < -0.39 is 0 Å². The lowest BCUT2D eigenvalue weighted by Gasteiger charge is -2.35. The van der Waals surface area contributed by atoms with E-state index in [-0.39, 0.29) is 11.7 Å². The van der Waals surface area contributed by atoms with Crippen molar-refractivity contribution in [2.75, 3.05) is 38.2 Å². The summed E-state index contributed by atoms with van der Waals surface area (Å²) in [6.45, 7) is 6.41. The van der Waals surface area contributed by atoms with Gasteiger partial charge in [0, 0.05) is 43.3 Å². The molecular weight excluding hydrogens is 385 g/mol. The van der Waals surface area contributed by atoms with Crippen LogP contribution in [0.1, 0.15) is 21.7 Å². The number of hydrogen-bond donors (Lipinski definition) is 0. The van der Waals surface area contributed by atoms with Crippen LogP contribution in [-0.4, -0.2) is 58.6 Å². The van der Waals surface area contributed by atoms with Crippen molar-refractivity contribution in [3.05, 3.63) is 65.5 Å². The molecule has 1 amide bonds. The lowest BCUT2D eigenvalue weighted by molar-refractivity contribution is 0.0745. The number of nitrogens with zero attached hydrogens (tertiary/aromatic N) is 5. The Balaban J connectivity index is 1.49. The molecule has 0 radical (unpaired) electrons. The maximum Gasteiger partial charge on any atom is 0.255 e. The third kappa shape index (κ3) is 3.72. The number of carbonyl (C=O) groups excluding carboxylic acids is 1. The summed E-state index contributed by atoms with van der Waals surface area (Å²) in [4.78, 5) is 25.7. The van der Waals surface area contributed by atoms with E-state index in [0.717, 1.165) is 22.9 Å². The number of carbonyl (C=O) groups is 1. The van der Waals surface area contributed by atoms with Crippen molar-refractivity contribution in [2.24, 2.45) is 0 Å². The van der Waals surface area contributed by atoms with Crippen LogP contribution in [0.2, 0.25) is 0 Å². The average Bonchev–Trinajstić information content (AvgIpc) is 3.08. The summed E-state index contributed by atoms with van der Waals surface area (Å²) in [5.74, 6) is 0.944. The Morgan fingerprint density at radius 1 is 1.07 bits per heavy atom. The minimum Gasteiger partial charge on any atom is -0.480 e. The van der Waals surface area contributed by atoms with Crippen molar-refractivity contribution >= 4 is 11.7 Å². The zero-order chi connectivity index (χ0) is 21.3. The van der Waals surface area contributed by atoms with E-state index in [2.05, 4.69) is 14.9 Å². The minimum atomic E-state index is -0.281. The first-order valence-corrected chi connectivity index (χ1v) is 9.83. The minimum absolute atomic E-state index is 0.00726. The first-order chi connectivity index (χ1) is 14.5. The highest BCUT2D eigenvalue weighted by molar-refractivity contribution is 5.96. The Bertz CT molecular complexity index is 1060. The normalized spacial score (nSPS) is 14.1. The number of hydrogen-bond acceptors (Lipinski definition) is 5. The summed E-state index contributed by atoms with van der Waals surface area (Å²) in [5, 5.41) is 0. The number of aryl methyl sites for hydroxylation is 1. The molecule has 7 nitrogen and oxygen atoms in total. The molecule has 1 fully saturated rings. The zero-order valence-corrected chi connectivity index (χ0v) is 17.3. The van der Waals surface area contributed by atoms with Gasteiger partial charge in [-0.3, -0.25) is 9.78 Å². The fourth-order valence-electron chi connectivity index (χ4n) is 3.86. The second-order valence-corrected chi connectivity index (χ2v) is 7.30. The molecule has 0 aliphatic carbocycles. The fourth-order valence-corrected chi connectivity index (χ4v) is 3.86. The van der Waals surface area contributed by atoms with Gasteiger partial charge >= 0.3 is 0 Å². The van der Waals surface area contributed by atoms with Crippen LogP contribution in [-0.2, 0) is 0 Å². The van der Waals surface area contributed by atoms with Crippen molar-refractivity contribution < 1.29 is 13.9 Å². The van der Waals surface area contributed by atoms with Crippen LogP contribution in [0.15, 0.2) is 42.7 Å². The summed E-state index contributed by atoms with van der Waals surface area (Å²) < 4.78 is 20.4. The molecule has 0 spiro atoms. The van der Waals surface area contributed by atoms with E-state index in [1.165, 1.54) is 12.1 Å². The van der Waals surface area contributed by atoms with Gasteiger partial charge in [-0.25, -0.2) is 4.39 Å². The summed E-state index contributed by atoms with van der Waals surface area (Å²) in [6, 6.07) is 8.20. The summed E-state index contributed by atoms with van der Waals surface area (Å²) >= 11 is 0. The Kier molecular flexibility index (Phi) is 5.39. The highest BCUT2D eigenvalue weighted by atomic mass is 19.1. The van der Waals surface area contributed by atoms with Crippen molar-refractivity contribution in [3.8, 4) is 11.6 Å². The maximum atomic E-state index is 13.3. The van der Waals surface area contributed by atoms with E-state index in [0.29, 0.717) is 37.6 Å². The molecule has 0 bridgehead atoms. The van der Waals surface area contributed by atoms with Gasteiger partial charge in [0.15, 0.2) is 5.82 Å². The number of aromatic nitrogens is 3. The van der Waals surface area contributed by atoms with E-state index >= 15 is 0 Å². The van der Waals surface area contributed by atoms with Crippen LogP contribution >= 0.6 is 0 Å². The van der Waals surface area contributed by atoms with Crippen LogP contribution in [0.5, 0.6) is 5.88 Å². The number of anilines is 1. The quantitative estimate of drug-likeness (QED) is 0.663. The van der Waals surface area contributed by atoms with Crippen molar-refractivity contribution in [2.45, 2.75) is 13.8 Å². The molecule has 1 saturated heterocycles. The molecular formula is C22H24FN5O2. The van der Waals surface area contributed by atoms with Gasteiger partial charge in [0.05, 0.1) is 25.1 Å². The molecule has 1 aromatic carbocycles. The third-order valence-corrected chi connectivity index (χ3v) is 5.45. The predicted molar refractivity (Wildman–Crippen MR) is 112 cm³/mol. The van der Waals surface area contributed by atoms with Gasteiger partial charge in [-0.15, -0.1) is 0 Å². The lowest BCUT2D eigenvalue weighted by Crippen LogP contribution is -2.49. The van der Waals surface area contributed by atoms with Crippen LogP contribution in [0.25, 0.3) is 5.69 Å². The molecule has 30 heavy (non-hydrogen) atoms. The van der Waals surface area contributed by atoms with Gasteiger partial charge in [-0.2, -0.15) is 4.98 Å². The smallest absolute Gasteiger partial charge is 0.255 e. The van der Waals surface area contributed by atoms with Crippen LogP contribution < -0.4 is 9.64 Å². The number of methoxy groups -OCH3 is 1. The Hall–Kier alpha value is -3.42. The monoisotopic (exact) mass is 409 g/mol. The van der Waals surface area contributed by atoms with E-state index in [9.17, 15) is 9.18 Å². The van der Waals surface area contributed by atoms with Gasteiger partial charge in [0.2, 0.25) is 5.88 Å². The third-order valence-electron chi connectivity index (χ3n) is 5.45. The van der Waals surface area contributed by atoms with Gasteiger partial charge in [-0.05, 0) is 44.2 Å². The second kappa shape index (κ2) is 8.14. The van der Waals surface area contributed by atoms with Crippen molar-refractivity contribution in [3.63, 3.8) is 0 Å². The average molecular weight is 409 g/mol. The number of rotatable bonds is 4. The molecule has 8 heteroatoms. The number of benzene rings is 1. The summed E-state index contributed by atoms with van der Waals surface area (Å²) in [6.07, 6.45) is 3.27. The SMILES string of the molecule is COc1cncc(N2CCN(C(=O)c3cc(C)n(-c4ccc(F)cc4)c3C)CC2)n1. The first-order valence-electron chi connectivity index (χ1n) is 9.83. The molecule has 156 valence electrons. The molecule has 1 aliphatic rings. The van der Waals surface area contributed by atoms with Gasteiger partial charge < -0.3 is 19.1 Å². The molecule has 0 unspecified atom stereocenters. The molecule has 4 rings (SSSR count). The van der Waals surface area contributed by atoms with Gasteiger partial charge in [0.1, 0.15) is 5.82 Å². The summed E-state index contributed by atoms with van der Waals surface area (Å²) in [5.41, 5.74) is 3.30. The Morgan fingerprint density at radius 2 is 1.77 bits per heavy atom. The Morgan fingerprint density at radius 3 is 2.43 bits per heavy atom. The molecule has 3 aromatic rings. The molecule has 2 aromatic heterocycles. The second-order valence-electron chi connectivity index (χ2n) is 7.30. The largest absolute Gasteiger partial charge is 0.480 e. The first kappa shape index (κ1) is 19.9. The summed E-state index contributed by atoms with van der Waals surface area (Å²) in [7, 11) is 1.56. The zero-order valence-electron chi connectivity index (χ0n) is 17.3. The van der Waals surface area contributed by atoms with Crippen LogP contribution in [0.3, 0.4) is 0 Å². The number of halogens is 1. The standard InChI is InChI=1S/C22H24FN5O2/c1-15-12-19(16(2)28(15)18-6-4-17(23)5-7-18)22(29)27-10-8-26(9-11-27)20-13-24-14-21(25-20)30-3/h4-7,12-14H,8-11H2,1-3H3. The maximum absolute atomic E-state index is 13.3. The molecule has 0 saturated carbocycles. The highest BCUT2D eigenvalue weighted by Gasteiger charge is 2.26. The van der Waals surface area contributed by atoms with Crippen LogP contribution in [0.4, 0.5) is 10.2 Å².